The van der Waals surface area contributed by atoms with Gasteiger partial charge in [-0.1, -0.05) is 32.0 Å². The Morgan fingerprint density at radius 1 is 1.03 bits per heavy atom. The van der Waals surface area contributed by atoms with Crippen molar-refractivity contribution in [2.24, 2.45) is 0 Å². The van der Waals surface area contributed by atoms with Crippen molar-refractivity contribution in [1.29, 1.82) is 0 Å². The van der Waals surface area contributed by atoms with Crippen molar-refractivity contribution in [1.82, 2.24) is 26.1 Å². The summed E-state index contributed by atoms with van der Waals surface area (Å²) in [7, 11) is 1.21. The van der Waals surface area contributed by atoms with Crippen molar-refractivity contribution in [3.8, 4) is 0 Å². The normalized spacial score (nSPS) is 11.8. The van der Waals surface area contributed by atoms with Crippen LogP contribution in [0.25, 0.3) is 10.9 Å². The summed E-state index contributed by atoms with van der Waals surface area (Å²) >= 11 is 2.31. The summed E-state index contributed by atoms with van der Waals surface area (Å²) in [5.74, 6) is -1.94. The second-order valence-corrected chi connectivity index (χ2v) is 10.7. The number of carbonyl (C=O) groups excluding carboxylic acids is 4. The molecule has 0 fully saturated rings. The minimum atomic E-state index is -1.11. The topological polar surface area (TPSA) is 142 Å². The summed E-state index contributed by atoms with van der Waals surface area (Å²) in [6.07, 6.45) is 1.71. The number of hydrogen-bond donors (Lipinski definition) is 4. The highest BCUT2D eigenvalue weighted by Crippen LogP contribution is 2.29. The van der Waals surface area contributed by atoms with Gasteiger partial charge in [-0.25, -0.2) is 4.79 Å². The molecule has 4 aromatic rings. The van der Waals surface area contributed by atoms with Crippen LogP contribution in [0.2, 0.25) is 0 Å². The van der Waals surface area contributed by atoms with Gasteiger partial charge in [0.25, 0.3) is 17.7 Å². The molecule has 3 amide bonds. The number of nitrogens with one attached hydrogen (secondary N) is 4. The first-order valence-corrected chi connectivity index (χ1v) is 13.5. The van der Waals surface area contributed by atoms with Gasteiger partial charge in [0.1, 0.15) is 6.04 Å². The molecule has 38 heavy (non-hydrogen) atoms. The van der Waals surface area contributed by atoms with Gasteiger partial charge in [-0.15, -0.1) is 22.7 Å². The average Bonchev–Trinajstić information content (AvgIpc) is 3.69. The Labute approximate surface area is 226 Å². The summed E-state index contributed by atoms with van der Waals surface area (Å²) < 4.78 is 4.82. The van der Waals surface area contributed by atoms with E-state index >= 15 is 0 Å². The van der Waals surface area contributed by atoms with E-state index in [-0.39, 0.29) is 24.3 Å². The maximum Gasteiger partial charge on any atom is 0.330 e. The molecule has 4 N–H and O–H groups in total. The van der Waals surface area contributed by atoms with Crippen LogP contribution < -0.4 is 16.0 Å². The van der Waals surface area contributed by atoms with Gasteiger partial charge in [-0.3, -0.25) is 19.5 Å². The number of methoxy groups -OCH3 is 1. The summed E-state index contributed by atoms with van der Waals surface area (Å²) in [6, 6.07) is 9.70. The van der Waals surface area contributed by atoms with Crippen molar-refractivity contribution >= 4 is 57.3 Å². The van der Waals surface area contributed by atoms with Crippen LogP contribution in [0.1, 0.15) is 59.9 Å². The molecule has 3 aromatic heterocycles. The Hall–Kier alpha value is -4.03. The number of esters is 1. The fourth-order valence-electron chi connectivity index (χ4n) is 3.82. The van der Waals surface area contributed by atoms with Gasteiger partial charge in [-0.2, -0.15) is 5.10 Å². The van der Waals surface area contributed by atoms with E-state index in [1.807, 2.05) is 32.0 Å². The molecule has 10 nitrogen and oxygen atoms in total. The monoisotopic (exact) mass is 553 g/mol. The van der Waals surface area contributed by atoms with E-state index in [0.29, 0.717) is 26.7 Å². The molecule has 12 heteroatoms. The maximum atomic E-state index is 13.2. The molecule has 0 bridgehead atoms. The third-order valence-electron chi connectivity index (χ3n) is 5.83. The molecule has 0 aliphatic rings. The molecule has 4 rings (SSSR count). The Morgan fingerprint density at radius 2 is 1.82 bits per heavy atom. The van der Waals surface area contributed by atoms with Gasteiger partial charge < -0.3 is 20.7 Å². The van der Waals surface area contributed by atoms with E-state index in [1.54, 1.807) is 29.8 Å². The Kier molecular flexibility index (Phi) is 8.54. The van der Waals surface area contributed by atoms with Crippen LogP contribution in [0.5, 0.6) is 0 Å². The zero-order valence-corrected chi connectivity index (χ0v) is 22.6. The molecule has 1 aromatic carbocycles. The number of amides is 3. The van der Waals surface area contributed by atoms with Gasteiger partial charge in [0, 0.05) is 18.5 Å². The van der Waals surface area contributed by atoms with Crippen LogP contribution in [-0.4, -0.2) is 53.6 Å². The fourth-order valence-corrected chi connectivity index (χ4v) is 5.59. The lowest BCUT2D eigenvalue weighted by molar-refractivity contribution is -0.142. The van der Waals surface area contributed by atoms with Crippen LogP contribution in [0.4, 0.5) is 0 Å². The molecular formula is C26H27N5O5S2. The van der Waals surface area contributed by atoms with Gasteiger partial charge in [-0.05, 0) is 40.6 Å². The quantitative estimate of drug-likeness (QED) is 0.222. The van der Waals surface area contributed by atoms with Crippen molar-refractivity contribution in [3.05, 3.63) is 73.7 Å². The summed E-state index contributed by atoms with van der Waals surface area (Å²) in [5.41, 5.74) is 2.47. The highest BCUT2D eigenvalue weighted by Gasteiger charge is 2.27. The minimum absolute atomic E-state index is 0.0525. The van der Waals surface area contributed by atoms with E-state index in [2.05, 4.69) is 26.1 Å². The van der Waals surface area contributed by atoms with Crippen molar-refractivity contribution in [2.75, 3.05) is 13.7 Å². The Balaban J connectivity index is 1.46. The number of aromatic nitrogens is 2. The number of thiophene rings is 2. The van der Waals surface area contributed by atoms with Gasteiger partial charge in [0.15, 0.2) is 0 Å². The second-order valence-electron chi connectivity index (χ2n) is 8.72. The Morgan fingerprint density at radius 3 is 2.53 bits per heavy atom. The number of hydrogen-bond acceptors (Lipinski definition) is 8. The zero-order chi connectivity index (χ0) is 27.2. The van der Waals surface area contributed by atoms with Crippen LogP contribution in [0.15, 0.2) is 48.0 Å². The lowest BCUT2D eigenvalue weighted by Crippen LogP contribution is -2.48. The SMILES string of the molecule is COC(=O)[C@H](CNC(=O)c1cccs1)NC(=O)c1sc(C(=O)NCc2cccc3[nH]ncc23)cc1C(C)C. The first kappa shape index (κ1) is 27.0. The number of rotatable bonds is 10. The minimum Gasteiger partial charge on any atom is -0.467 e. The standard InChI is InChI=1S/C26H27N5O5S2/c1-14(2)16-10-21(24(33)27-11-15-6-4-7-18-17(15)12-29-31-18)38-22(16)25(34)30-19(26(35)36-3)13-28-23(32)20-8-5-9-37-20/h4-10,12,14,19H,11,13H2,1-3H3,(H,27,33)(H,28,32)(H,29,31)(H,30,34)/t19-/m0/s1. The molecule has 198 valence electrons. The van der Waals surface area contributed by atoms with Gasteiger partial charge in [0.2, 0.25) is 0 Å². The highest BCUT2D eigenvalue weighted by atomic mass is 32.1. The predicted octanol–water partition coefficient (Wildman–Crippen LogP) is 3.44. The fraction of sp³-hybridized carbons (Fsp3) is 0.269. The van der Waals surface area contributed by atoms with Crippen molar-refractivity contribution < 1.29 is 23.9 Å². The van der Waals surface area contributed by atoms with E-state index < -0.39 is 17.9 Å². The second kappa shape index (κ2) is 12.0. The Bertz CT molecular complexity index is 1460. The highest BCUT2D eigenvalue weighted by molar-refractivity contribution is 7.16. The summed E-state index contributed by atoms with van der Waals surface area (Å²) in [4.78, 5) is 52.1. The number of H-pyrrole nitrogens is 1. The molecule has 0 saturated carbocycles. The molecule has 0 radical (unpaired) electrons. The predicted molar refractivity (Wildman–Crippen MR) is 146 cm³/mol. The van der Waals surface area contributed by atoms with Crippen molar-refractivity contribution in [2.45, 2.75) is 32.4 Å². The largest absolute Gasteiger partial charge is 0.467 e. The molecule has 0 saturated heterocycles. The number of benzene rings is 1. The molecule has 0 spiro atoms. The van der Waals surface area contributed by atoms with E-state index in [0.717, 1.165) is 27.8 Å². The third kappa shape index (κ3) is 6.09. The smallest absolute Gasteiger partial charge is 0.330 e. The van der Waals surface area contributed by atoms with Crippen LogP contribution >= 0.6 is 22.7 Å². The van der Waals surface area contributed by atoms with Crippen LogP contribution in [0, 0.1) is 0 Å². The van der Waals surface area contributed by atoms with Crippen LogP contribution in [-0.2, 0) is 16.1 Å². The molecule has 0 aliphatic heterocycles. The first-order chi connectivity index (χ1) is 18.3. The number of carbonyl (C=O) groups is 4. The number of nitrogens with zero attached hydrogens (tertiary/aromatic N) is 1. The molecule has 0 aliphatic carbocycles. The zero-order valence-electron chi connectivity index (χ0n) is 21.0. The number of ether oxygens (including phenoxy) is 1. The number of aromatic amines is 1. The maximum absolute atomic E-state index is 13.2. The van der Waals surface area contributed by atoms with Gasteiger partial charge in [0.05, 0.1) is 33.5 Å². The van der Waals surface area contributed by atoms with E-state index in [1.165, 1.54) is 18.4 Å². The summed E-state index contributed by atoms with van der Waals surface area (Å²) in [6.45, 7) is 3.98. The number of fused-ring (bicyclic) bond motifs is 1. The first-order valence-electron chi connectivity index (χ1n) is 11.8. The lowest BCUT2D eigenvalue weighted by atomic mass is 10.0. The van der Waals surface area contributed by atoms with E-state index in [9.17, 15) is 19.2 Å². The molecular weight excluding hydrogens is 526 g/mol. The molecule has 0 unspecified atom stereocenters. The van der Waals surface area contributed by atoms with Gasteiger partial charge >= 0.3 is 5.97 Å². The summed E-state index contributed by atoms with van der Waals surface area (Å²) in [5, 5.41) is 17.8. The van der Waals surface area contributed by atoms with E-state index in [4.69, 9.17) is 4.74 Å². The average molecular weight is 554 g/mol. The lowest BCUT2D eigenvalue weighted by Gasteiger charge is -2.17. The molecule has 1 atom stereocenters. The van der Waals surface area contributed by atoms with Crippen LogP contribution in [0.3, 0.4) is 0 Å². The molecule has 3 heterocycles. The third-order valence-corrected chi connectivity index (χ3v) is 7.85. The van der Waals surface area contributed by atoms with Crippen molar-refractivity contribution in [3.63, 3.8) is 0 Å².